The number of aromatic nitrogens is 2. The van der Waals surface area contributed by atoms with Crippen molar-refractivity contribution in [2.24, 2.45) is 5.92 Å². The van der Waals surface area contributed by atoms with Crippen LogP contribution in [0.2, 0.25) is 0 Å². The summed E-state index contributed by atoms with van der Waals surface area (Å²) in [5, 5.41) is 4.39. The van der Waals surface area contributed by atoms with Crippen LogP contribution in [0.3, 0.4) is 0 Å². The van der Waals surface area contributed by atoms with Crippen LogP contribution in [0.1, 0.15) is 50.5 Å². The van der Waals surface area contributed by atoms with Gasteiger partial charge in [-0.05, 0) is 44.9 Å². The highest BCUT2D eigenvalue weighted by Crippen LogP contribution is 2.36. The van der Waals surface area contributed by atoms with Gasteiger partial charge in [0.25, 0.3) is 0 Å². The molecule has 1 fully saturated rings. The fraction of sp³-hybridized carbons (Fsp3) is 0.524. The van der Waals surface area contributed by atoms with Crippen molar-refractivity contribution in [1.82, 2.24) is 14.7 Å². The van der Waals surface area contributed by atoms with Crippen molar-refractivity contribution in [3.63, 3.8) is 0 Å². The third kappa shape index (κ3) is 4.50. The Morgan fingerprint density at radius 3 is 2.74 bits per heavy atom. The SMILES string of the molecule is CCOc1ccc(CN(C)C(=O)[C@@H]2CCO[C@H]2c2cnn(C(C)C)c2)cc1. The van der Waals surface area contributed by atoms with E-state index in [0.717, 1.165) is 23.3 Å². The number of benzene rings is 1. The molecule has 2 atom stereocenters. The summed E-state index contributed by atoms with van der Waals surface area (Å²) in [6, 6.07) is 8.18. The first kappa shape index (κ1) is 19.4. The minimum Gasteiger partial charge on any atom is -0.494 e. The van der Waals surface area contributed by atoms with Gasteiger partial charge in [0.1, 0.15) is 5.75 Å². The molecule has 1 aromatic carbocycles. The smallest absolute Gasteiger partial charge is 0.228 e. The molecule has 0 spiro atoms. The first-order valence-corrected chi connectivity index (χ1v) is 9.62. The second kappa shape index (κ2) is 8.57. The molecule has 146 valence electrons. The lowest BCUT2D eigenvalue weighted by Gasteiger charge is -2.24. The molecular weight excluding hydrogens is 342 g/mol. The summed E-state index contributed by atoms with van der Waals surface area (Å²) in [5.41, 5.74) is 2.06. The second-order valence-electron chi connectivity index (χ2n) is 7.31. The lowest BCUT2D eigenvalue weighted by atomic mass is 9.95. The fourth-order valence-corrected chi connectivity index (χ4v) is 3.45. The maximum absolute atomic E-state index is 13.0. The van der Waals surface area contributed by atoms with Crippen LogP contribution in [-0.2, 0) is 16.1 Å². The molecule has 1 aliphatic heterocycles. The Bertz CT molecular complexity index is 754. The van der Waals surface area contributed by atoms with E-state index in [1.165, 1.54) is 0 Å². The van der Waals surface area contributed by atoms with Gasteiger partial charge in [0.15, 0.2) is 0 Å². The van der Waals surface area contributed by atoms with Gasteiger partial charge in [0.2, 0.25) is 5.91 Å². The molecule has 0 saturated carbocycles. The summed E-state index contributed by atoms with van der Waals surface area (Å²) >= 11 is 0. The van der Waals surface area contributed by atoms with E-state index in [1.807, 2.05) is 55.3 Å². The van der Waals surface area contributed by atoms with Crippen molar-refractivity contribution in [2.45, 2.75) is 45.9 Å². The molecule has 0 unspecified atom stereocenters. The van der Waals surface area contributed by atoms with Crippen molar-refractivity contribution in [2.75, 3.05) is 20.3 Å². The van der Waals surface area contributed by atoms with E-state index in [2.05, 4.69) is 18.9 Å². The summed E-state index contributed by atoms with van der Waals surface area (Å²) in [5.74, 6) is 0.799. The second-order valence-corrected chi connectivity index (χ2v) is 7.31. The van der Waals surface area contributed by atoms with Crippen molar-refractivity contribution in [1.29, 1.82) is 0 Å². The van der Waals surface area contributed by atoms with E-state index in [0.29, 0.717) is 19.8 Å². The molecule has 27 heavy (non-hydrogen) atoms. The highest BCUT2D eigenvalue weighted by atomic mass is 16.5. The van der Waals surface area contributed by atoms with Crippen molar-refractivity contribution in [3.8, 4) is 5.75 Å². The Morgan fingerprint density at radius 1 is 1.37 bits per heavy atom. The monoisotopic (exact) mass is 371 g/mol. The van der Waals surface area contributed by atoms with Crippen LogP contribution in [0, 0.1) is 5.92 Å². The predicted molar refractivity (Wildman–Crippen MR) is 103 cm³/mol. The Labute approximate surface area is 161 Å². The van der Waals surface area contributed by atoms with Gasteiger partial charge in [0.05, 0.1) is 24.8 Å². The van der Waals surface area contributed by atoms with Gasteiger partial charge in [-0.15, -0.1) is 0 Å². The quantitative estimate of drug-likeness (QED) is 0.746. The molecule has 1 aromatic heterocycles. The molecule has 6 heteroatoms. The van der Waals surface area contributed by atoms with Gasteiger partial charge in [-0.1, -0.05) is 12.1 Å². The number of hydrogen-bond acceptors (Lipinski definition) is 4. The molecule has 0 bridgehead atoms. The Hall–Kier alpha value is -2.34. The number of nitrogens with zero attached hydrogens (tertiary/aromatic N) is 3. The number of hydrogen-bond donors (Lipinski definition) is 0. The molecule has 3 rings (SSSR count). The van der Waals surface area contributed by atoms with Crippen LogP contribution in [0.5, 0.6) is 5.75 Å². The van der Waals surface area contributed by atoms with Crippen LogP contribution in [0.4, 0.5) is 0 Å². The van der Waals surface area contributed by atoms with E-state index in [-0.39, 0.29) is 24.0 Å². The lowest BCUT2D eigenvalue weighted by molar-refractivity contribution is -0.136. The maximum atomic E-state index is 13.0. The molecule has 2 heterocycles. The topological polar surface area (TPSA) is 56.6 Å². The maximum Gasteiger partial charge on any atom is 0.228 e. The van der Waals surface area contributed by atoms with E-state index < -0.39 is 0 Å². The highest BCUT2D eigenvalue weighted by Gasteiger charge is 2.37. The van der Waals surface area contributed by atoms with Crippen molar-refractivity contribution >= 4 is 5.91 Å². The number of amides is 1. The van der Waals surface area contributed by atoms with E-state index in [4.69, 9.17) is 9.47 Å². The zero-order valence-electron chi connectivity index (χ0n) is 16.6. The van der Waals surface area contributed by atoms with Gasteiger partial charge in [0, 0.05) is 38.0 Å². The molecule has 0 radical (unpaired) electrons. The summed E-state index contributed by atoms with van der Waals surface area (Å²) in [6.07, 6.45) is 4.34. The standard InChI is InChI=1S/C21H29N3O3/c1-5-26-18-8-6-16(7-9-18)13-23(4)21(25)19-10-11-27-20(19)17-12-22-24(14-17)15(2)3/h6-9,12,14-15,19-20H,5,10-11,13H2,1-4H3/t19-,20+/m1/s1. The Kier molecular flexibility index (Phi) is 6.16. The van der Waals surface area contributed by atoms with E-state index >= 15 is 0 Å². The van der Waals surface area contributed by atoms with Gasteiger partial charge >= 0.3 is 0 Å². The Morgan fingerprint density at radius 2 is 2.11 bits per heavy atom. The number of rotatable bonds is 7. The normalized spacial score (nSPS) is 19.4. The Balaban J connectivity index is 1.65. The van der Waals surface area contributed by atoms with Crippen LogP contribution in [-0.4, -0.2) is 40.8 Å². The number of ether oxygens (including phenoxy) is 2. The molecule has 0 aliphatic carbocycles. The molecule has 0 N–H and O–H groups in total. The third-order valence-electron chi connectivity index (χ3n) is 4.92. The first-order chi connectivity index (χ1) is 13.0. The minimum atomic E-state index is -0.215. The molecule has 2 aromatic rings. The average molecular weight is 371 g/mol. The lowest BCUT2D eigenvalue weighted by Crippen LogP contribution is -2.33. The van der Waals surface area contributed by atoms with Crippen LogP contribution >= 0.6 is 0 Å². The molecular formula is C21H29N3O3. The predicted octanol–water partition coefficient (Wildman–Crippen LogP) is 3.60. The van der Waals surface area contributed by atoms with Crippen molar-refractivity contribution < 1.29 is 14.3 Å². The third-order valence-corrected chi connectivity index (χ3v) is 4.92. The largest absolute Gasteiger partial charge is 0.494 e. The number of carbonyl (C=O) groups excluding carboxylic acids is 1. The minimum absolute atomic E-state index is 0.115. The average Bonchev–Trinajstić information content (AvgIpc) is 3.32. The summed E-state index contributed by atoms with van der Waals surface area (Å²) in [4.78, 5) is 14.8. The summed E-state index contributed by atoms with van der Waals surface area (Å²) in [7, 11) is 1.85. The fourth-order valence-electron chi connectivity index (χ4n) is 3.45. The molecule has 6 nitrogen and oxygen atoms in total. The highest BCUT2D eigenvalue weighted by molar-refractivity contribution is 5.79. The molecule has 1 amide bonds. The van der Waals surface area contributed by atoms with Crippen LogP contribution in [0.15, 0.2) is 36.7 Å². The van der Waals surface area contributed by atoms with Gasteiger partial charge in [-0.2, -0.15) is 5.10 Å². The summed E-state index contributed by atoms with van der Waals surface area (Å²) < 4.78 is 13.3. The van der Waals surface area contributed by atoms with E-state index in [1.54, 1.807) is 4.90 Å². The van der Waals surface area contributed by atoms with Gasteiger partial charge in [-0.25, -0.2) is 0 Å². The van der Waals surface area contributed by atoms with Gasteiger partial charge < -0.3 is 14.4 Å². The van der Waals surface area contributed by atoms with Crippen LogP contribution in [0.25, 0.3) is 0 Å². The molecule has 1 aliphatic rings. The first-order valence-electron chi connectivity index (χ1n) is 9.62. The van der Waals surface area contributed by atoms with E-state index in [9.17, 15) is 4.79 Å². The zero-order valence-corrected chi connectivity index (χ0v) is 16.6. The number of carbonyl (C=O) groups is 1. The van der Waals surface area contributed by atoms with Crippen LogP contribution < -0.4 is 4.74 Å². The zero-order chi connectivity index (χ0) is 19.4. The van der Waals surface area contributed by atoms with Gasteiger partial charge in [-0.3, -0.25) is 9.48 Å². The molecule has 1 saturated heterocycles. The summed E-state index contributed by atoms with van der Waals surface area (Å²) in [6.45, 7) is 7.95. The van der Waals surface area contributed by atoms with Crippen molar-refractivity contribution in [3.05, 3.63) is 47.8 Å².